The summed E-state index contributed by atoms with van der Waals surface area (Å²) < 4.78 is 14.9. The van der Waals surface area contributed by atoms with Crippen LogP contribution in [-0.2, 0) is 4.79 Å². The van der Waals surface area contributed by atoms with Gasteiger partial charge in [0, 0.05) is 17.5 Å². The maximum absolute atomic E-state index is 14.9. The molecule has 1 aromatic heterocycles. The van der Waals surface area contributed by atoms with E-state index in [0.717, 1.165) is 44.2 Å². The maximum atomic E-state index is 14.9. The van der Waals surface area contributed by atoms with Crippen LogP contribution < -0.4 is 10.6 Å². The summed E-state index contributed by atoms with van der Waals surface area (Å²) in [5.41, 5.74) is 0.941. The van der Waals surface area contributed by atoms with Crippen molar-refractivity contribution in [2.24, 2.45) is 11.3 Å². The molecule has 4 rings (SSSR count). The van der Waals surface area contributed by atoms with Crippen molar-refractivity contribution in [3.05, 3.63) is 52.0 Å². The lowest BCUT2D eigenvalue weighted by atomic mass is 9.76. The summed E-state index contributed by atoms with van der Waals surface area (Å²) in [6, 6.07) is 4.33. The monoisotopic (exact) mass is 464 g/mol. The topological polar surface area (TPSA) is 66.9 Å². The Hall–Kier alpha value is -1.92. The highest BCUT2D eigenvalue weighted by Gasteiger charge is 2.42. The molecule has 2 aromatic rings. The number of nitrogens with one attached hydrogen (secondary N) is 2. The van der Waals surface area contributed by atoms with E-state index in [1.807, 2.05) is 6.07 Å². The Balaban J connectivity index is 1.51. The number of carbonyl (C=O) groups is 1. The van der Waals surface area contributed by atoms with Gasteiger partial charge in [0.15, 0.2) is 0 Å². The molecule has 0 bridgehead atoms. The molecule has 1 amide bonds. The molecule has 31 heavy (non-hydrogen) atoms. The summed E-state index contributed by atoms with van der Waals surface area (Å²) in [6.07, 6.45) is 9.60. The molecule has 2 aliphatic carbocycles. The van der Waals surface area contributed by atoms with Gasteiger partial charge in [-0.15, -0.1) is 0 Å². The Bertz CT molecular complexity index is 937. The summed E-state index contributed by atoms with van der Waals surface area (Å²) >= 11 is 12.7. The van der Waals surface area contributed by atoms with Gasteiger partial charge in [0.2, 0.25) is 5.91 Å². The van der Waals surface area contributed by atoms with Crippen LogP contribution in [0.5, 0.6) is 0 Å². The largest absolute Gasteiger partial charge is 0.381 e. The third kappa shape index (κ3) is 4.80. The quantitative estimate of drug-likeness (QED) is 0.518. The first kappa shape index (κ1) is 22.3. The van der Waals surface area contributed by atoms with E-state index in [9.17, 15) is 9.18 Å². The van der Waals surface area contributed by atoms with E-state index in [2.05, 4.69) is 27.8 Å². The molecule has 0 unspecified atom stereocenters. The first-order valence-electron chi connectivity index (χ1n) is 10.8. The summed E-state index contributed by atoms with van der Waals surface area (Å²) in [5, 5.41) is 14.8. The van der Waals surface area contributed by atoms with Crippen LogP contribution in [-0.4, -0.2) is 22.1 Å². The second-order valence-corrected chi connectivity index (χ2v) is 9.83. The molecular formula is C23H27Cl2FN4O. The zero-order valence-corrected chi connectivity index (χ0v) is 19.0. The predicted octanol–water partition coefficient (Wildman–Crippen LogP) is 5.94. The van der Waals surface area contributed by atoms with Gasteiger partial charge in [0.25, 0.3) is 0 Å². The number of benzene rings is 1. The van der Waals surface area contributed by atoms with E-state index in [0.29, 0.717) is 17.0 Å². The Morgan fingerprint density at radius 3 is 2.68 bits per heavy atom. The fourth-order valence-electron chi connectivity index (χ4n) is 5.10. The smallest absolute Gasteiger partial charge is 0.223 e. The molecule has 0 radical (unpaired) electrons. The van der Waals surface area contributed by atoms with Crippen LogP contribution in [0.15, 0.2) is 30.6 Å². The number of carbonyl (C=O) groups excluding carboxylic acids is 1. The molecule has 1 heterocycles. The van der Waals surface area contributed by atoms with E-state index in [4.69, 9.17) is 23.2 Å². The number of aromatic nitrogens is 2. The molecular weight excluding hydrogens is 438 g/mol. The standard InChI is InChI=1S/C23H27Cl2FN4O/c1-23(9-2-3-10-23)21(19-18(26)7-6-17(24)20(19)25)30-22(31)14-4-5-15(12-14)29-16-8-11-27-28-13-16/h6-8,11,13-15,21H,2-5,9-10,12H2,1H3,(H,27,29)(H,30,31)/t14-,15+,21-/m0/s1. The molecule has 8 heteroatoms. The third-order valence-electron chi connectivity index (χ3n) is 6.86. The van der Waals surface area contributed by atoms with E-state index < -0.39 is 11.9 Å². The molecule has 5 nitrogen and oxygen atoms in total. The SMILES string of the molecule is CC1([C@@H](NC(=O)[C@H]2CC[C@@H](Nc3ccnnc3)C2)c2c(F)ccc(Cl)c2Cl)CCCC1. The van der Waals surface area contributed by atoms with Gasteiger partial charge in [-0.05, 0) is 55.7 Å². The first-order valence-corrected chi connectivity index (χ1v) is 11.6. The summed E-state index contributed by atoms with van der Waals surface area (Å²) in [5.74, 6) is -0.615. The van der Waals surface area contributed by atoms with Gasteiger partial charge in [-0.3, -0.25) is 4.79 Å². The average molecular weight is 465 g/mol. The number of halogens is 3. The van der Waals surface area contributed by atoms with Crippen LogP contribution >= 0.6 is 23.2 Å². The van der Waals surface area contributed by atoms with Gasteiger partial charge in [0.05, 0.1) is 34.2 Å². The minimum Gasteiger partial charge on any atom is -0.381 e. The number of nitrogens with zero attached hydrogens (tertiary/aromatic N) is 2. The van der Waals surface area contributed by atoms with Crippen LogP contribution in [0.3, 0.4) is 0 Å². The highest BCUT2D eigenvalue weighted by Crippen LogP contribution is 2.50. The van der Waals surface area contributed by atoms with Crippen molar-refractivity contribution in [2.45, 2.75) is 64.0 Å². The minimum absolute atomic E-state index is 0.0503. The molecule has 166 valence electrons. The van der Waals surface area contributed by atoms with Gasteiger partial charge in [-0.2, -0.15) is 10.2 Å². The van der Waals surface area contributed by atoms with Crippen molar-refractivity contribution < 1.29 is 9.18 Å². The van der Waals surface area contributed by atoms with Crippen LogP contribution in [0.1, 0.15) is 63.5 Å². The van der Waals surface area contributed by atoms with Crippen molar-refractivity contribution in [3.8, 4) is 0 Å². The molecule has 0 saturated heterocycles. The zero-order chi connectivity index (χ0) is 22.0. The second kappa shape index (κ2) is 9.29. The zero-order valence-electron chi connectivity index (χ0n) is 17.5. The van der Waals surface area contributed by atoms with Gasteiger partial charge in [-0.25, -0.2) is 4.39 Å². The number of hydrogen-bond acceptors (Lipinski definition) is 4. The minimum atomic E-state index is -0.509. The van der Waals surface area contributed by atoms with E-state index in [-0.39, 0.29) is 28.3 Å². The summed E-state index contributed by atoms with van der Waals surface area (Å²) in [7, 11) is 0. The predicted molar refractivity (Wildman–Crippen MR) is 121 cm³/mol. The molecule has 3 atom stereocenters. The lowest BCUT2D eigenvalue weighted by Crippen LogP contribution is -2.41. The maximum Gasteiger partial charge on any atom is 0.223 e. The fourth-order valence-corrected chi connectivity index (χ4v) is 5.52. The van der Waals surface area contributed by atoms with Gasteiger partial charge in [-0.1, -0.05) is 43.0 Å². The Morgan fingerprint density at radius 2 is 1.97 bits per heavy atom. The van der Waals surface area contributed by atoms with Gasteiger partial charge < -0.3 is 10.6 Å². The number of rotatable bonds is 6. The van der Waals surface area contributed by atoms with Crippen LogP contribution in [0.4, 0.5) is 10.1 Å². The molecule has 0 aliphatic heterocycles. The number of hydrogen-bond donors (Lipinski definition) is 2. The van der Waals surface area contributed by atoms with E-state index in [1.165, 1.54) is 12.1 Å². The van der Waals surface area contributed by atoms with Crippen molar-refractivity contribution in [1.82, 2.24) is 15.5 Å². The average Bonchev–Trinajstić information content (AvgIpc) is 3.41. The van der Waals surface area contributed by atoms with Crippen LogP contribution in [0.25, 0.3) is 0 Å². The van der Waals surface area contributed by atoms with Crippen molar-refractivity contribution in [3.63, 3.8) is 0 Å². The molecule has 2 aliphatic rings. The molecule has 2 N–H and O–H groups in total. The van der Waals surface area contributed by atoms with Crippen LogP contribution in [0, 0.1) is 17.2 Å². The number of amides is 1. The lowest BCUT2D eigenvalue weighted by Gasteiger charge is -2.36. The van der Waals surface area contributed by atoms with Gasteiger partial charge in [0.1, 0.15) is 5.82 Å². The number of anilines is 1. The van der Waals surface area contributed by atoms with E-state index in [1.54, 1.807) is 12.4 Å². The fraction of sp³-hybridized carbons (Fsp3) is 0.522. The van der Waals surface area contributed by atoms with Crippen molar-refractivity contribution >= 4 is 34.8 Å². The molecule has 2 fully saturated rings. The Kier molecular flexibility index (Phi) is 6.68. The highest BCUT2D eigenvalue weighted by atomic mass is 35.5. The van der Waals surface area contributed by atoms with Crippen LogP contribution in [0.2, 0.25) is 10.0 Å². The second-order valence-electron chi connectivity index (χ2n) is 9.04. The molecule has 2 saturated carbocycles. The summed E-state index contributed by atoms with van der Waals surface area (Å²) in [4.78, 5) is 13.3. The normalized spacial score (nSPS) is 23.5. The van der Waals surface area contributed by atoms with Gasteiger partial charge >= 0.3 is 0 Å². The highest BCUT2D eigenvalue weighted by molar-refractivity contribution is 6.42. The first-order chi connectivity index (χ1) is 14.9. The Labute approximate surface area is 192 Å². The molecule has 1 aromatic carbocycles. The lowest BCUT2D eigenvalue weighted by molar-refractivity contribution is -0.126. The summed E-state index contributed by atoms with van der Waals surface area (Å²) in [6.45, 7) is 2.11. The molecule has 0 spiro atoms. The van der Waals surface area contributed by atoms with Crippen molar-refractivity contribution in [2.75, 3.05) is 5.32 Å². The van der Waals surface area contributed by atoms with Crippen molar-refractivity contribution in [1.29, 1.82) is 0 Å². The van der Waals surface area contributed by atoms with E-state index >= 15 is 0 Å². The third-order valence-corrected chi connectivity index (χ3v) is 7.67. The Morgan fingerprint density at radius 1 is 1.19 bits per heavy atom.